The summed E-state index contributed by atoms with van der Waals surface area (Å²) in [6.07, 6.45) is 1.21. The van der Waals surface area contributed by atoms with E-state index >= 15 is 0 Å². The van der Waals surface area contributed by atoms with Crippen molar-refractivity contribution >= 4 is 21.7 Å². The number of guanidine groups is 1. The number of aliphatic imine (C=N–C) groups is 1. The van der Waals surface area contributed by atoms with Crippen molar-refractivity contribution in [3.63, 3.8) is 0 Å². The van der Waals surface area contributed by atoms with Crippen LogP contribution in [0.3, 0.4) is 0 Å². The Morgan fingerprint density at radius 3 is 2.21 bits per heavy atom. The summed E-state index contributed by atoms with van der Waals surface area (Å²) in [6.45, 7) is 2.80. The first-order valence-corrected chi connectivity index (χ1v) is 10.7. The number of hydrogen-bond donors (Lipinski definition) is 3. The molecule has 0 aliphatic carbocycles. The van der Waals surface area contributed by atoms with E-state index < -0.39 is 9.84 Å². The minimum atomic E-state index is -3.22. The van der Waals surface area contributed by atoms with Crippen LogP contribution in [0.5, 0.6) is 0 Å². The van der Waals surface area contributed by atoms with Gasteiger partial charge in [-0.1, -0.05) is 24.3 Å². The molecule has 0 fully saturated rings. The second-order valence-electron chi connectivity index (χ2n) is 6.43. The molecule has 8 heteroatoms. The topological polar surface area (TPSA) is 99.7 Å². The second-order valence-corrected chi connectivity index (χ2v) is 8.41. The Hall–Kier alpha value is -2.87. The van der Waals surface area contributed by atoms with E-state index in [-0.39, 0.29) is 5.91 Å². The van der Waals surface area contributed by atoms with Crippen LogP contribution in [0.15, 0.2) is 52.4 Å². The number of benzene rings is 2. The molecular formula is C20H26N4O3S. The lowest BCUT2D eigenvalue weighted by molar-refractivity contribution is 0.0963. The normalized spacial score (nSPS) is 11.8. The van der Waals surface area contributed by atoms with Crippen molar-refractivity contribution in [3.8, 4) is 0 Å². The molecule has 3 N–H and O–H groups in total. The summed E-state index contributed by atoms with van der Waals surface area (Å²) >= 11 is 0. The molecule has 2 aromatic rings. The molecule has 0 aliphatic heterocycles. The number of aryl methyl sites for hydroxylation is 1. The number of amides is 1. The number of hydrogen-bond acceptors (Lipinski definition) is 4. The number of rotatable bonds is 6. The van der Waals surface area contributed by atoms with Gasteiger partial charge >= 0.3 is 0 Å². The largest absolute Gasteiger partial charge is 0.355 e. The summed E-state index contributed by atoms with van der Waals surface area (Å²) in [6, 6.07) is 12.6. The van der Waals surface area contributed by atoms with Crippen molar-refractivity contribution in [3.05, 3.63) is 64.7 Å². The van der Waals surface area contributed by atoms with Crippen LogP contribution in [0.1, 0.15) is 27.0 Å². The molecule has 2 aromatic carbocycles. The minimum absolute atomic E-state index is 0.128. The third-order valence-corrected chi connectivity index (χ3v) is 5.46. The SMILES string of the molecule is CN=C(NCc1cccc(C(=O)NC)c1)NCc1ccc(S(C)(=O)=O)c(C)c1. The van der Waals surface area contributed by atoms with E-state index in [4.69, 9.17) is 0 Å². The average molecular weight is 403 g/mol. The highest BCUT2D eigenvalue weighted by Crippen LogP contribution is 2.16. The second kappa shape index (κ2) is 9.36. The van der Waals surface area contributed by atoms with Gasteiger partial charge in [-0.3, -0.25) is 9.79 Å². The van der Waals surface area contributed by atoms with Crippen LogP contribution in [-0.2, 0) is 22.9 Å². The Morgan fingerprint density at radius 2 is 1.68 bits per heavy atom. The summed E-state index contributed by atoms with van der Waals surface area (Å²) in [5.74, 6) is 0.479. The lowest BCUT2D eigenvalue weighted by Crippen LogP contribution is -2.36. The lowest BCUT2D eigenvalue weighted by atomic mass is 10.1. The molecule has 7 nitrogen and oxygen atoms in total. The van der Waals surface area contributed by atoms with Crippen LogP contribution < -0.4 is 16.0 Å². The highest BCUT2D eigenvalue weighted by molar-refractivity contribution is 7.90. The van der Waals surface area contributed by atoms with E-state index in [1.165, 1.54) is 6.26 Å². The van der Waals surface area contributed by atoms with Crippen molar-refractivity contribution in [2.24, 2.45) is 4.99 Å². The van der Waals surface area contributed by atoms with Crippen molar-refractivity contribution < 1.29 is 13.2 Å². The quantitative estimate of drug-likeness (QED) is 0.504. The van der Waals surface area contributed by atoms with Crippen molar-refractivity contribution in [1.82, 2.24) is 16.0 Å². The zero-order valence-electron chi connectivity index (χ0n) is 16.5. The van der Waals surface area contributed by atoms with Gasteiger partial charge in [-0.25, -0.2) is 8.42 Å². The van der Waals surface area contributed by atoms with E-state index in [1.807, 2.05) is 24.3 Å². The van der Waals surface area contributed by atoms with Gasteiger partial charge < -0.3 is 16.0 Å². The monoisotopic (exact) mass is 402 g/mol. The van der Waals surface area contributed by atoms with Crippen LogP contribution in [0.4, 0.5) is 0 Å². The minimum Gasteiger partial charge on any atom is -0.355 e. The Balaban J connectivity index is 1.97. The molecule has 28 heavy (non-hydrogen) atoms. The lowest BCUT2D eigenvalue weighted by Gasteiger charge is -2.13. The molecule has 0 aliphatic rings. The maximum absolute atomic E-state index is 11.7. The Bertz CT molecular complexity index is 985. The molecule has 0 saturated heterocycles. The summed E-state index contributed by atoms with van der Waals surface area (Å²) in [5.41, 5.74) is 3.23. The van der Waals surface area contributed by atoms with Gasteiger partial charge in [0.2, 0.25) is 0 Å². The molecule has 1 amide bonds. The van der Waals surface area contributed by atoms with Crippen molar-refractivity contribution in [1.29, 1.82) is 0 Å². The van der Waals surface area contributed by atoms with Gasteiger partial charge in [-0.05, 0) is 41.8 Å². The zero-order valence-corrected chi connectivity index (χ0v) is 17.4. The van der Waals surface area contributed by atoms with E-state index in [1.54, 1.807) is 39.2 Å². The maximum Gasteiger partial charge on any atom is 0.251 e. The van der Waals surface area contributed by atoms with Gasteiger partial charge in [-0.15, -0.1) is 0 Å². The highest BCUT2D eigenvalue weighted by Gasteiger charge is 2.11. The summed E-state index contributed by atoms with van der Waals surface area (Å²) in [5, 5.41) is 9.01. The molecule has 0 radical (unpaired) electrons. The number of nitrogens with one attached hydrogen (secondary N) is 3. The van der Waals surface area contributed by atoms with E-state index in [0.29, 0.717) is 29.5 Å². The molecule has 0 atom stereocenters. The Labute approximate surface area is 166 Å². The smallest absolute Gasteiger partial charge is 0.251 e. The van der Waals surface area contributed by atoms with Crippen LogP contribution in [0.2, 0.25) is 0 Å². The van der Waals surface area contributed by atoms with Gasteiger partial charge in [0.1, 0.15) is 0 Å². The molecule has 0 heterocycles. The molecule has 0 aromatic heterocycles. The summed E-state index contributed by atoms with van der Waals surface area (Å²) in [7, 11) is 0.0532. The van der Waals surface area contributed by atoms with Gasteiger partial charge in [0.25, 0.3) is 5.91 Å². The van der Waals surface area contributed by atoms with E-state index in [9.17, 15) is 13.2 Å². The first-order chi connectivity index (χ1) is 13.2. The van der Waals surface area contributed by atoms with Gasteiger partial charge in [0.05, 0.1) is 4.90 Å². The van der Waals surface area contributed by atoms with Crippen LogP contribution in [-0.4, -0.2) is 40.6 Å². The van der Waals surface area contributed by atoms with Gasteiger partial charge in [-0.2, -0.15) is 0 Å². The standard InChI is InChI=1S/C20H26N4O3S/c1-14-10-16(8-9-18(14)28(4,26)27)13-24-20(22-3)23-12-15-6-5-7-17(11-15)19(25)21-2/h5-11H,12-13H2,1-4H3,(H,21,25)(H2,22,23,24). The number of sulfone groups is 1. The van der Waals surface area contributed by atoms with E-state index in [2.05, 4.69) is 20.9 Å². The third-order valence-electron chi connectivity index (χ3n) is 4.20. The molecule has 150 valence electrons. The number of nitrogens with zero attached hydrogens (tertiary/aromatic N) is 1. The molecule has 2 rings (SSSR count). The molecule has 0 bridgehead atoms. The van der Waals surface area contributed by atoms with Crippen LogP contribution >= 0.6 is 0 Å². The van der Waals surface area contributed by atoms with Gasteiger partial charge in [0, 0.05) is 39.0 Å². The number of carbonyl (C=O) groups excluding carboxylic acids is 1. The highest BCUT2D eigenvalue weighted by atomic mass is 32.2. The fraction of sp³-hybridized carbons (Fsp3) is 0.300. The summed E-state index contributed by atoms with van der Waals surface area (Å²) in [4.78, 5) is 16.3. The molecule has 0 saturated carbocycles. The Kier molecular flexibility index (Phi) is 7.17. The molecule has 0 unspecified atom stereocenters. The first-order valence-electron chi connectivity index (χ1n) is 8.79. The molecule has 0 spiro atoms. The predicted octanol–water partition coefficient (Wildman–Crippen LogP) is 1.62. The Morgan fingerprint density at radius 1 is 1.04 bits per heavy atom. The van der Waals surface area contributed by atoms with Crippen molar-refractivity contribution in [2.75, 3.05) is 20.4 Å². The fourth-order valence-electron chi connectivity index (χ4n) is 2.80. The maximum atomic E-state index is 11.7. The fourth-order valence-corrected chi connectivity index (χ4v) is 3.76. The van der Waals surface area contributed by atoms with Crippen LogP contribution in [0.25, 0.3) is 0 Å². The summed E-state index contributed by atoms with van der Waals surface area (Å²) < 4.78 is 23.4. The first kappa shape index (κ1) is 21.4. The van der Waals surface area contributed by atoms with Gasteiger partial charge in [0.15, 0.2) is 15.8 Å². The van der Waals surface area contributed by atoms with Crippen molar-refractivity contribution in [2.45, 2.75) is 24.9 Å². The number of carbonyl (C=O) groups is 1. The molecular weight excluding hydrogens is 376 g/mol. The van der Waals surface area contributed by atoms with E-state index in [0.717, 1.165) is 16.7 Å². The zero-order chi connectivity index (χ0) is 20.7. The average Bonchev–Trinajstić information content (AvgIpc) is 2.66. The van der Waals surface area contributed by atoms with Crippen LogP contribution in [0, 0.1) is 6.92 Å². The third kappa shape index (κ3) is 5.82. The predicted molar refractivity (Wildman–Crippen MR) is 111 cm³/mol.